The van der Waals surface area contributed by atoms with Crippen molar-refractivity contribution in [1.29, 1.82) is 0 Å². The molecule has 0 aliphatic rings. The Morgan fingerprint density at radius 2 is 2.00 bits per heavy atom. The van der Waals surface area contributed by atoms with Crippen LogP contribution < -0.4 is 0 Å². The Morgan fingerprint density at radius 1 is 1.38 bits per heavy atom. The van der Waals surface area contributed by atoms with Gasteiger partial charge in [0, 0.05) is 17.4 Å². The molecule has 1 N–H and O–H groups in total. The zero-order valence-electron chi connectivity index (χ0n) is 7.27. The topological polar surface area (TPSA) is 20.2 Å². The molecule has 0 saturated heterocycles. The van der Waals surface area contributed by atoms with Gasteiger partial charge in [0.2, 0.25) is 0 Å². The highest BCUT2D eigenvalue weighted by Crippen LogP contribution is 2.23. The predicted molar refractivity (Wildman–Crippen MR) is 57.8 cm³/mol. The first kappa shape index (κ1) is 10.2. The van der Waals surface area contributed by atoms with Crippen LogP contribution in [0.5, 0.6) is 0 Å². The predicted octanol–water partition coefficient (Wildman–Crippen LogP) is 2.02. The molecule has 0 aliphatic heterocycles. The molecule has 1 aromatic carbocycles. The maximum Gasteiger partial charge on any atom is 0.0444 e. The van der Waals surface area contributed by atoms with E-state index < -0.39 is 0 Å². The van der Waals surface area contributed by atoms with Gasteiger partial charge in [0.15, 0.2) is 0 Å². The minimum atomic E-state index is 0.0943. The van der Waals surface area contributed by atoms with Crippen molar-refractivity contribution in [2.24, 2.45) is 0 Å². The SMILES string of the molecule is C#Cc1ccc(C(S)CCO)cc1. The van der Waals surface area contributed by atoms with Gasteiger partial charge in [0.1, 0.15) is 0 Å². The molecule has 1 atom stereocenters. The highest BCUT2D eigenvalue weighted by atomic mass is 32.1. The van der Waals surface area contributed by atoms with Crippen molar-refractivity contribution in [3.05, 3.63) is 35.4 Å². The summed E-state index contributed by atoms with van der Waals surface area (Å²) in [5.74, 6) is 2.55. The lowest BCUT2D eigenvalue weighted by atomic mass is 10.1. The zero-order chi connectivity index (χ0) is 9.68. The molecular formula is C11H12OS. The van der Waals surface area contributed by atoms with Gasteiger partial charge in [-0.15, -0.1) is 6.42 Å². The molecular weight excluding hydrogens is 180 g/mol. The summed E-state index contributed by atoms with van der Waals surface area (Å²) in [7, 11) is 0. The molecule has 1 nitrogen and oxygen atoms in total. The van der Waals surface area contributed by atoms with Crippen molar-refractivity contribution in [3.8, 4) is 12.3 Å². The Bertz CT molecular complexity index is 297. The average Bonchev–Trinajstić information content (AvgIpc) is 2.18. The Kier molecular flexibility index (Phi) is 3.88. The molecule has 0 saturated carbocycles. The third kappa shape index (κ3) is 2.80. The van der Waals surface area contributed by atoms with Crippen molar-refractivity contribution in [2.45, 2.75) is 11.7 Å². The summed E-state index contributed by atoms with van der Waals surface area (Å²) < 4.78 is 0. The lowest BCUT2D eigenvalue weighted by Gasteiger charge is -2.08. The van der Waals surface area contributed by atoms with E-state index in [0.717, 1.165) is 11.1 Å². The molecule has 13 heavy (non-hydrogen) atoms. The molecule has 0 heterocycles. The molecule has 0 aliphatic carbocycles. The Hall–Kier alpha value is -0.910. The number of hydrogen-bond acceptors (Lipinski definition) is 2. The number of terminal acetylenes is 1. The lowest BCUT2D eigenvalue weighted by molar-refractivity contribution is 0.287. The minimum Gasteiger partial charge on any atom is -0.396 e. The first-order valence-corrected chi connectivity index (χ1v) is 4.65. The maximum atomic E-state index is 8.72. The molecule has 0 fully saturated rings. The van der Waals surface area contributed by atoms with E-state index >= 15 is 0 Å². The van der Waals surface area contributed by atoms with E-state index in [1.807, 2.05) is 24.3 Å². The summed E-state index contributed by atoms with van der Waals surface area (Å²) in [6, 6.07) is 7.66. The van der Waals surface area contributed by atoms with Crippen LogP contribution in [0.15, 0.2) is 24.3 Å². The van der Waals surface area contributed by atoms with Crippen LogP contribution in [0.3, 0.4) is 0 Å². The summed E-state index contributed by atoms with van der Waals surface area (Å²) in [5.41, 5.74) is 1.96. The maximum absolute atomic E-state index is 8.72. The van der Waals surface area contributed by atoms with E-state index in [1.54, 1.807) is 0 Å². The molecule has 0 amide bonds. The molecule has 0 bridgehead atoms. The third-order valence-corrected chi connectivity index (χ3v) is 2.42. The molecule has 1 rings (SSSR count). The fraction of sp³-hybridized carbons (Fsp3) is 0.273. The minimum absolute atomic E-state index is 0.0943. The molecule has 0 aromatic heterocycles. The monoisotopic (exact) mass is 192 g/mol. The van der Waals surface area contributed by atoms with E-state index in [-0.39, 0.29) is 11.9 Å². The number of rotatable bonds is 3. The number of thiol groups is 1. The Morgan fingerprint density at radius 3 is 2.46 bits per heavy atom. The second-order valence-corrected chi connectivity index (χ2v) is 3.42. The highest BCUT2D eigenvalue weighted by molar-refractivity contribution is 7.80. The average molecular weight is 192 g/mol. The van der Waals surface area contributed by atoms with Crippen molar-refractivity contribution in [1.82, 2.24) is 0 Å². The van der Waals surface area contributed by atoms with Gasteiger partial charge < -0.3 is 5.11 Å². The number of aliphatic hydroxyl groups is 1. The zero-order valence-corrected chi connectivity index (χ0v) is 8.17. The molecule has 68 valence electrons. The van der Waals surface area contributed by atoms with Crippen LogP contribution in [-0.2, 0) is 0 Å². The van der Waals surface area contributed by atoms with Gasteiger partial charge in [0.25, 0.3) is 0 Å². The van der Waals surface area contributed by atoms with Crippen molar-refractivity contribution in [3.63, 3.8) is 0 Å². The van der Waals surface area contributed by atoms with Gasteiger partial charge in [-0.1, -0.05) is 18.1 Å². The quantitative estimate of drug-likeness (QED) is 0.554. The smallest absolute Gasteiger partial charge is 0.0444 e. The van der Waals surface area contributed by atoms with Gasteiger partial charge in [-0.05, 0) is 24.1 Å². The summed E-state index contributed by atoms with van der Waals surface area (Å²) in [6.45, 7) is 0.158. The fourth-order valence-corrected chi connectivity index (χ4v) is 1.38. The van der Waals surface area contributed by atoms with E-state index in [2.05, 4.69) is 18.5 Å². The van der Waals surface area contributed by atoms with Crippen LogP contribution in [0.25, 0.3) is 0 Å². The summed E-state index contributed by atoms with van der Waals surface area (Å²) in [4.78, 5) is 0. The second kappa shape index (κ2) is 4.96. The molecule has 0 spiro atoms. The van der Waals surface area contributed by atoms with Gasteiger partial charge in [-0.3, -0.25) is 0 Å². The van der Waals surface area contributed by atoms with Crippen LogP contribution in [-0.4, -0.2) is 11.7 Å². The van der Waals surface area contributed by atoms with Crippen LogP contribution in [0.4, 0.5) is 0 Å². The van der Waals surface area contributed by atoms with Crippen LogP contribution in [0.1, 0.15) is 22.8 Å². The Labute approximate surface area is 84.2 Å². The largest absolute Gasteiger partial charge is 0.396 e. The van der Waals surface area contributed by atoms with E-state index in [1.165, 1.54) is 0 Å². The van der Waals surface area contributed by atoms with E-state index in [4.69, 9.17) is 11.5 Å². The van der Waals surface area contributed by atoms with Gasteiger partial charge in [0.05, 0.1) is 0 Å². The number of benzene rings is 1. The van der Waals surface area contributed by atoms with E-state index in [0.29, 0.717) is 6.42 Å². The number of aliphatic hydroxyl groups excluding tert-OH is 1. The lowest BCUT2D eigenvalue weighted by Crippen LogP contribution is -1.93. The first-order chi connectivity index (χ1) is 6.27. The molecule has 1 aromatic rings. The summed E-state index contributed by atoms with van der Waals surface area (Å²) in [6.07, 6.45) is 5.89. The Balaban J connectivity index is 2.75. The standard InChI is InChI=1S/C11H12OS/c1-2-9-3-5-10(6-4-9)11(13)7-8-12/h1,3-6,11-13H,7-8H2. The normalized spacial score (nSPS) is 12.1. The van der Waals surface area contributed by atoms with Crippen molar-refractivity contribution < 1.29 is 5.11 Å². The van der Waals surface area contributed by atoms with E-state index in [9.17, 15) is 0 Å². The van der Waals surface area contributed by atoms with Gasteiger partial charge in [-0.2, -0.15) is 12.6 Å². The third-order valence-electron chi connectivity index (χ3n) is 1.86. The van der Waals surface area contributed by atoms with Crippen molar-refractivity contribution in [2.75, 3.05) is 6.61 Å². The van der Waals surface area contributed by atoms with Gasteiger partial charge >= 0.3 is 0 Å². The first-order valence-electron chi connectivity index (χ1n) is 4.13. The highest BCUT2D eigenvalue weighted by Gasteiger charge is 2.04. The summed E-state index contributed by atoms with van der Waals surface area (Å²) >= 11 is 4.35. The summed E-state index contributed by atoms with van der Waals surface area (Å²) in [5, 5.41) is 8.81. The molecule has 2 heteroatoms. The van der Waals surface area contributed by atoms with Crippen LogP contribution >= 0.6 is 12.6 Å². The second-order valence-electron chi connectivity index (χ2n) is 2.79. The van der Waals surface area contributed by atoms with Gasteiger partial charge in [-0.25, -0.2) is 0 Å². The fourth-order valence-electron chi connectivity index (χ4n) is 1.09. The molecule has 0 radical (unpaired) electrons. The van der Waals surface area contributed by atoms with Crippen LogP contribution in [0.2, 0.25) is 0 Å². The van der Waals surface area contributed by atoms with Crippen LogP contribution in [0, 0.1) is 12.3 Å². The number of hydrogen-bond donors (Lipinski definition) is 2. The van der Waals surface area contributed by atoms with Crippen molar-refractivity contribution >= 4 is 12.6 Å². The molecule has 1 unspecified atom stereocenters.